The van der Waals surface area contributed by atoms with Gasteiger partial charge in [0.25, 0.3) is 0 Å². The monoisotopic (exact) mass is 449 g/mol. The predicted molar refractivity (Wildman–Crippen MR) is 134 cm³/mol. The van der Waals surface area contributed by atoms with Gasteiger partial charge < -0.3 is 11.1 Å². The van der Waals surface area contributed by atoms with Crippen LogP contribution in [0, 0.1) is 6.92 Å². The SMILES string of the molecule is Cc1cccc(-c2nccc(Nc3ccnc(Cc4ccc(C5=CCC(N)CC5)cc4)n3)n2)n1. The number of hydrogen-bond donors (Lipinski definition) is 2. The van der Waals surface area contributed by atoms with Crippen molar-refractivity contribution in [3.8, 4) is 11.5 Å². The fourth-order valence-electron chi connectivity index (χ4n) is 4.04. The highest BCUT2D eigenvalue weighted by Gasteiger charge is 2.12. The van der Waals surface area contributed by atoms with Crippen LogP contribution >= 0.6 is 0 Å². The van der Waals surface area contributed by atoms with Crippen LogP contribution in [-0.4, -0.2) is 31.0 Å². The zero-order chi connectivity index (χ0) is 23.3. The van der Waals surface area contributed by atoms with Crippen LogP contribution in [0.15, 0.2) is 73.1 Å². The molecule has 7 heteroatoms. The first-order valence-electron chi connectivity index (χ1n) is 11.5. The highest BCUT2D eigenvalue weighted by atomic mass is 15.1. The average molecular weight is 450 g/mol. The molecule has 34 heavy (non-hydrogen) atoms. The van der Waals surface area contributed by atoms with Crippen LogP contribution in [0.2, 0.25) is 0 Å². The second kappa shape index (κ2) is 9.89. The van der Waals surface area contributed by atoms with Crippen LogP contribution in [-0.2, 0) is 6.42 Å². The van der Waals surface area contributed by atoms with E-state index in [-0.39, 0.29) is 0 Å². The van der Waals surface area contributed by atoms with Crippen molar-refractivity contribution < 1.29 is 0 Å². The Kier molecular flexibility index (Phi) is 6.35. The summed E-state index contributed by atoms with van der Waals surface area (Å²) in [5, 5.41) is 3.26. The van der Waals surface area contributed by atoms with Gasteiger partial charge in [0.15, 0.2) is 5.82 Å². The molecule has 170 valence electrons. The highest BCUT2D eigenvalue weighted by molar-refractivity contribution is 5.66. The zero-order valence-electron chi connectivity index (χ0n) is 19.1. The Hall–Kier alpha value is -3.97. The summed E-state index contributed by atoms with van der Waals surface area (Å²) in [6.07, 6.45) is 9.46. The van der Waals surface area contributed by atoms with Crippen LogP contribution in [0.1, 0.15) is 41.9 Å². The molecule has 3 aromatic heterocycles. The molecule has 1 aliphatic rings. The highest BCUT2D eigenvalue weighted by Crippen LogP contribution is 2.26. The minimum absolute atomic E-state index is 0.300. The number of benzene rings is 1. The molecule has 1 atom stereocenters. The molecule has 1 aliphatic carbocycles. The first-order valence-corrected chi connectivity index (χ1v) is 11.5. The van der Waals surface area contributed by atoms with Gasteiger partial charge in [-0.25, -0.2) is 24.9 Å². The van der Waals surface area contributed by atoms with Gasteiger partial charge in [0.2, 0.25) is 0 Å². The molecule has 5 rings (SSSR count). The van der Waals surface area contributed by atoms with Crippen LogP contribution in [0.5, 0.6) is 0 Å². The van der Waals surface area contributed by atoms with Gasteiger partial charge in [-0.05, 0) is 67.2 Å². The lowest BCUT2D eigenvalue weighted by Gasteiger charge is -2.18. The van der Waals surface area contributed by atoms with Gasteiger partial charge in [0.1, 0.15) is 23.2 Å². The van der Waals surface area contributed by atoms with Gasteiger partial charge in [-0.3, -0.25) is 0 Å². The molecule has 3 N–H and O–H groups in total. The number of rotatable bonds is 6. The number of pyridine rings is 1. The van der Waals surface area contributed by atoms with E-state index in [1.165, 1.54) is 16.7 Å². The van der Waals surface area contributed by atoms with E-state index < -0.39 is 0 Å². The number of allylic oxidation sites excluding steroid dienone is 1. The minimum atomic E-state index is 0.300. The Balaban J connectivity index is 1.28. The van der Waals surface area contributed by atoms with E-state index in [0.717, 1.165) is 36.5 Å². The number of hydrogen-bond acceptors (Lipinski definition) is 7. The number of nitrogens with one attached hydrogen (secondary N) is 1. The first-order chi connectivity index (χ1) is 16.6. The maximum atomic E-state index is 6.01. The summed E-state index contributed by atoms with van der Waals surface area (Å²) in [6.45, 7) is 1.95. The topological polar surface area (TPSA) is 102 Å². The third-order valence-corrected chi connectivity index (χ3v) is 5.87. The molecule has 4 aromatic rings. The minimum Gasteiger partial charge on any atom is -0.327 e. The van der Waals surface area contributed by atoms with E-state index in [1.54, 1.807) is 12.4 Å². The van der Waals surface area contributed by atoms with Crippen molar-refractivity contribution in [3.63, 3.8) is 0 Å². The molecular weight excluding hydrogens is 422 g/mol. The summed E-state index contributed by atoms with van der Waals surface area (Å²) < 4.78 is 0. The van der Waals surface area contributed by atoms with E-state index >= 15 is 0 Å². The fraction of sp³-hybridized carbons (Fsp3) is 0.222. The third kappa shape index (κ3) is 5.32. The first kappa shape index (κ1) is 21.9. The van der Waals surface area contributed by atoms with Crippen molar-refractivity contribution in [2.75, 3.05) is 5.32 Å². The van der Waals surface area contributed by atoms with Crippen molar-refractivity contribution in [1.29, 1.82) is 0 Å². The Morgan fingerprint density at radius 1 is 0.912 bits per heavy atom. The molecular formula is C27H27N7. The molecule has 0 bridgehead atoms. The smallest absolute Gasteiger partial charge is 0.180 e. The van der Waals surface area contributed by atoms with Gasteiger partial charge in [0.05, 0.1) is 0 Å². The molecule has 1 unspecified atom stereocenters. The maximum Gasteiger partial charge on any atom is 0.180 e. The summed E-state index contributed by atoms with van der Waals surface area (Å²) in [7, 11) is 0. The average Bonchev–Trinajstić information content (AvgIpc) is 2.86. The largest absolute Gasteiger partial charge is 0.327 e. The molecule has 0 radical (unpaired) electrons. The lowest BCUT2D eigenvalue weighted by molar-refractivity contribution is 0.614. The molecule has 7 nitrogen and oxygen atoms in total. The Labute approximate surface area is 199 Å². The molecule has 1 aromatic carbocycles. The maximum absolute atomic E-state index is 6.01. The van der Waals surface area contributed by atoms with Gasteiger partial charge in [-0.2, -0.15) is 0 Å². The second-order valence-electron chi connectivity index (χ2n) is 8.55. The summed E-state index contributed by atoms with van der Waals surface area (Å²) >= 11 is 0. The van der Waals surface area contributed by atoms with E-state index in [4.69, 9.17) is 5.73 Å². The van der Waals surface area contributed by atoms with Gasteiger partial charge >= 0.3 is 0 Å². The van der Waals surface area contributed by atoms with Crippen LogP contribution in [0.3, 0.4) is 0 Å². The molecule has 0 saturated carbocycles. The van der Waals surface area contributed by atoms with Gasteiger partial charge in [-0.15, -0.1) is 0 Å². The zero-order valence-corrected chi connectivity index (χ0v) is 19.1. The Bertz CT molecular complexity index is 1310. The number of anilines is 2. The normalized spacial score (nSPS) is 15.6. The second-order valence-corrected chi connectivity index (χ2v) is 8.55. The van der Waals surface area contributed by atoms with E-state index in [0.29, 0.717) is 29.9 Å². The summed E-state index contributed by atoms with van der Waals surface area (Å²) in [6, 6.07) is 18.4. The molecule has 0 aliphatic heterocycles. The molecule has 3 heterocycles. The lowest BCUT2D eigenvalue weighted by Crippen LogP contribution is -2.21. The number of nitrogens with two attached hydrogens (primary N) is 1. The van der Waals surface area contributed by atoms with E-state index in [1.807, 2.05) is 37.3 Å². The lowest BCUT2D eigenvalue weighted by atomic mass is 9.91. The van der Waals surface area contributed by atoms with Crippen molar-refractivity contribution in [1.82, 2.24) is 24.9 Å². The predicted octanol–water partition coefficient (Wildman–Crippen LogP) is 4.87. The van der Waals surface area contributed by atoms with Crippen molar-refractivity contribution in [2.24, 2.45) is 5.73 Å². The molecule has 0 amide bonds. The van der Waals surface area contributed by atoms with E-state index in [9.17, 15) is 0 Å². The summed E-state index contributed by atoms with van der Waals surface area (Å²) in [5.41, 5.74) is 11.5. The van der Waals surface area contributed by atoms with Gasteiger partial charge in [0, 0.05) is 30.6 Å². The molecule has 0 fully saturated rings. The number of aromatic nitrogens is 5. The van der Waals surface area contributed by atoms with E-state index in [2.05, 4.69) is 60.6 Å². The Morgan fingerprint density at radius 2 is 1.71 bits per heavy atom. The molecule has 0 spiro atoms. The molecule has 0 saturated heterocycles. The van der Waals surface area contributed by atoms with Crippen molar-refractivity contribution in [3.05, 3.63) is 95.7 Å². The standard InChI is InChI=1S/C27H27N7/c1-18-3-2-4-23(31-18)27-30-16-14-25(34-27)32-24-13-15-29-26(33-24)17-19-5-7-20(8-6-19)21-9-11-22(28)12-10-21/h2-9,13-16,22H,10-12,17,28H2,1H3,(H,29,30,32,33,34). The quantitative estimate of drug-likeness (QED) is 0.433. The van der Waals surface area contributed by atoms with Crippen LogP contribution < -0.4 is 11.1 Å². The Morgan fingerprint density at radius 3 is 2.47 bits per heavy atom. The van der Waals surface area contributed by atoms with Crippen molar-refractivity contribution in [2.45, 2.75) is 38.6 Å². The number of nitrogens with zero attached hydrogens (tertiary/aromatic N) is 5. The van der Waals surface area contributed by atoms with Crippen LogP contribution in [0.25, 0.3) is 17.1 Å². The third-order valence-electron chi connectivity index (χ3n) is 5.87. The van der Waals surface area contributed by atoms with Crippen molar-refractivity contribution >= 4 is 17.2 Å². The van der Waals surface area contributed by atoms with Crippen LogP contribution in [0.4, 0.5) is 11.6 Å². The van der Waals surface area contributed by atoms with Gasteiger partial charge in [-0.1, -0.05) is 36.4 Å². The fourth-order valence-corrected chi connectivity index (χ4v) is 4.04. The number of aryl methyl sites for hydroxylation is 1. The summed E-state index contributed by atoms with van der Waals surface area (Å²) in [5.74, 6) is 2.66. The summed E-state index contributed by atoms with van der Waals surface area (Å²) in [4.78, 5) is 22.6.